The highest BCUT2D eigenvalue weighted by molar-refractivity contribution is 7.99. The number of rotatable bonds is 5. The smallest absolute Gasteiger partial charge is 0.358 e. The van der Waals surface area contributed by atoms with Crippen molar-refractivity contribution < 1.29 is 4.92 Å². The third-order valence-electron chi connectivity index (χ3n) is 3.40. The summed E-state index contributed by atoms with van der Waals surface area (Å²) in [6, 6.07) is 4.04. The van der Waals surface area contributed by atoms with Gasteiger partial charge in [0.2, 0.25) is 5.03 Å². The average Bonchev–Trinajstić information content (AvgIpc) is 3.28. The second-order valence-electron chi connectivity index (χ2n) is 4.87. The fourth-order valence-corrected chi connectivity index (χ4v) is 4.59. The van der Waals surface area contributed by atoms with Crippen molar-refractivity contribution in [2.24, 2.45) is 7.05 Å². The average molecular weight is 378 g/mol. The molecule has 0 spiro atoms. The van der Waals surface area contributed by atoms with Gasteiger partial charge in [-0.1, -0.05) is 17.4 Å². The standard InChI is InChI=1S/C13H10N6O2S3/c1-17-9(7-8-3-2-5-22-8)15-16-13(17)24-10-11(19(20)21)18-4-6-23-12(18)14-10/h2-6H,7H2,1H3. The first-order chi connectivity index (χ1) is 11.6. The summed E-state index contributed by atoms with van der Waals surface area (Å²) in [7, 11) is 1.86. The van der Waals surface area contributed by atoms with Gasteiger partial charge in [-0.05, 0) is 28.1 Å². The zero-order chi connectivity index (χ0) is 16.7. The molecule has 122 valence electrons. The highest BCUT2D eigenvalue weighted by Gasteiger charge is 2.26. The Hall–Kier alpha value is -2.24. The van der Waals surface area contributed by atoms with Gasteiger partial charge >= 0.3 is 5.82 Å². The molecule has 0 saturated heterocycles. The molecule has 0 aliphatic carbocycles. The third kappa shape index (κ3) is 2.60. The molecule has 0 fully saturated rings. The van der Waals surface area contributed by atoms with Crippen LogP contribution in [0.15, 0.2) is 39.3 Å². The minimum Gasteiger partial charge on any atom is -0.358 e. The lowest BCUT2D eigenvalue weighted by Gasteiger charge is -2.01. The molecular weight excluding hydrogens is 368 g/mol. The van der Waals surface area contributed by atoms with Gasteiger partial charge in [0.1, 0.15) is 12.0 Å². The van der Waals surface area contributed by atoms with Gasteiger partial charge in [0, 0.05) is 23.7 Å². The number of imidazole rings is 1. The first kappa shape index (κ1) is 15.3. The van der Waals surface area contributed by atoms with Crippen LogP contribution in [-0.2, 0) is 13.5 Å². The Morgan fingerprint density at radius 3 is 2.96 bits per heavy atom. The first-order valence-electron chi connectivity index (χ1n) is 6.82. The predicted molar refractivity (Wildman–Crippen MR) is 92.0 cm³/mol. The molecule has 24 heavy (non-hydrogen) atoms. The van der Waals surface area contributed by atoms with Gasteiger partial charge in [-0.2, -0.15) is 9.38 Å². The number of nitro groups is 1. The molecule has 4 rings (SSSR count). The molecule has 0 aliphatic rings. The topological polar surface area (TPSA) is 91.2 Å². The Morgan fingerprint density at radius 2 is 2.21 bits per heavy atom. The molecule has 0 amide bonds. The van der Waals surface area contributed by atoms with E-state index in [1.165, 1.54) is 20.6 Å². The largest absolute Gasteiger partial charge is 0.363 e. The van der Waals surface area contributed by atoms with Gasteiger partial charge in [-0.25, -0.2) is 0 Å². The lowest BCUT2D eigenvalue weighted by molar-refractivity contribution is -0.393. The van der Waals surface area contributed by atoms with Crippen LogP contribution in [0.4, 0.5) is 5.82 Å². The van der Waals surface area contributed by atoms with Crippen LogP contribution in [0.1, 0.15) is 10.7 Å². The van der Waals surface area contributed by atoms with Crippen LogP contribution in [0.2, 0.25) is 0 Å². The fraction of sp³-hybridized carbons (Fsp3) is 0.154. The van der Waals surface area contributed by atoms with Gasteiger partial charge in [-0.15, -0.1) is 21.5 Å². The molecule has 8 nitrogen and oxygen atoms in total. The van der Waals surface area contributed by atoms with Crippen molar-refractivity contribution in [3.05, 3.63) is 49.9 Å². The van der Waals surface area contributed by atoms with E-state index in [1.807, 2.05) is 29.1 Å². The van der Waals surface area contributed by atoms with Gasteiger partial charge in [0.05, 0.1) is 0 Å². The molecule has 4 heterocycles. The Kier molecular flexibility index (Phi) is 3.82. The number of thiazole rings is 1. The molecule has 0 unspecified atom stereocenters. The fourth-order valence-electron chi connectivity index (χ4n) is 2.23. The van der Waals surface area contributed by atoms with Gasteiger partial charge < -0.3 is 14.7 Å². The molecule has 0 N–H and O–H groups in total. The highest BCUT2D eigenvalue weighted by atomic mass is 32.2. The molecule has 0 radical (unpaired) electrons. The lowest BCUT2D eigenvalue weighted by Crippen LogP contribution is -1.99. The summed E-state index contributed by atoms with van der Waals surface area (Å²) in [5, 5.41) is 24.4. The zero-order valence-electron chi connectivity index (χ0n) is 12.3. The Bertz CT molecular complexity index is 1020. The summed E-state index contributed by atoms with van der Waals surface area (Å²) >= 11 is 4.17. The van der Waals surface area contributed by atoms with Crippen molar-refractivity contribution in [3.8, 4) is 0 Å². The third-order valence-corrected chi connectivity index (χ3v) is 6.04. The molecule has 0 bridgehead atoms. The molecule has 0 aromatic carbocycles. The van der Waals surface area contributed by atoms with E-state index < -0.39 is 4.92 Å². The highest BCUT2D eigenvalue weighted by Crippen LogP contribution is 2.35. The van der Waals surface area contributed by atoms with Gasteiger partial charge in [-0.3, -0.25) is 0 Å². The second kappa shape index (κ2) is 6.00. The Balaban J connectivity index is 1.66. The quantitative estimate of drug-likeness (QED) is 0.391. The summed E-state index contributed by atoms with van der Waals surface area (Å²) in [6.07, 6.45) is 2.33. The number of aromatic nitrogens is 5. The van der Waals surface area contributed by atoms with Crippen LogP contribution in [0.25, 0.3) is 4.96 Å². The van der Waals surface area contributed by atoms with Crippen molar-refractivity contribution in [2.75, 3.05) is 0 Å². The molecule has 4 aromatic heterocycles. The van der Waals surface area contributed by atoms with Crippen LogP contribution in [0.5, 0.6) is 0 Å². The van der Waals surface area contributed by atoms with Crippen molar-refractivity contribution in [2.45, 2.75) is 16.6 Å². The van der Waals surface area contributed by atoms with E-state index >= 15 is 0 Å². The number of hydrogen-bond acceptors (Lipinski definition) is 8. The first-order valence-corrected chi connectivity index (χ1v) is 9.39. The van der Waals surface area contributed by atoms with Gasteiger partial charge in [0.15, 0.2) is 5.16 Å². The molecule has 4 aromatic rings. The SMILES string of the molecule is Cn1c(Cc2cccs2)nnc1Sc1nc2sccn2c1[N+](=O)[O-]. The Morgan fingerprint density at radius 1 is 1.33 bits per heavy atom. The molecular formula is C13H10N6O2S3. The number of hydrogen-bond donors (Lipinski definition) is 0. The van der Waals surface area contributed by atoms with Crippen LogP contribution in [-0.4, -0.2) is 29.1 Å². The molecule has 0 atom stereocenters. The predicted octanol–water partition coefficient (Wildman–Crippen LogP) is 3.24. The molecule has 0 saturated carbocycles. The maximum atomic E-state index is 11.4. The summed E-state index contributed by atoms with van der Waals surface area (Å²) in [4.78, 5) is 17.1. The van der Waals surface area contributed by atoms with E-state index in [0.29, 0.717) is 21.6 Å². The van der Waals surface area contributed by atoms with Crippen molar-refractivity contribution in [1.29, 1.82) is 0 Å². The van der Waals surface area contributed by atoms with Crippen molar-refractivity contribution in [3.63, 3.8) is 0 Å². The van der Waals surface area contributed by atoms with E-state index in [1.54, 1.807) is 22.9 Å². The van der Waals surface area contributed by atoms with Gasteiger partial charge in [0.25, 0.3) is 4.96 Å². The minimum absolute atomic E-state index is 0.0425. The van der Waals surface area contributed by atoms with E-state index in [2.05, 4.69) is 15.2 Å². The van der Waals surface area contributed by atoms with E-state index in [-0.39, 0.29) is 5.82 Å². The number of thiophene rings is 1. The number of nitrogens with zero attached hydrogens (tertiary/aromatic N) is 6. The maximum Gasteiger partial charge on any atom is 0.363 e. The second-order valence-corrected chi connectivity index (χ2v) is 7.73. The summed E-state index contributed by atoms with van der Waals surface area (Å²) in [5.41, 5.74) is 0. The monoisotopic (exact) mass is 378 g/mol. The van der Waals surface area contributed by atoms with Crippen LogP contribution in [0.3, 0.4) is 0 Å². The van der Waals surface area contributed by atoms with E-state index in [9.17, 15) is 10.1 Å². The van der Waals surface area contributed by atoms with Crippen LogP contribution in [0, 0.1) is 10.1 Å². The maximum absolute atomic E-state index is 11.4. The summed E-state index contributed by atoms with van der Waals surface area (Å²) in [5.74, 6) is 0.766. The van der Waals surface area contributed by atoms with Crippen LogP contribution < -0.4 is 0 Å². The lowest BCUT2D eigenvalue weighted by atomic mass is 10.3. The summed E-state index contributed by atoms with van der Waals surface area (Å²) in [6.45, 7) is 0. The van der Waals surface area contributed by atoms with Crippen molar-refractivity contribution >= 4 is 45.2 Å². The zero-order valence-corrected chi connectivity index (χ0v) is 14.8. The number of fused-ring (bicyclic) bond motifs is 1. The van der Waals surface area contributed by atoms with E-state index in [0.717, 1.165) is 17.6 Å². The van der Waals surface area contributed by atoms with E-state index in [4.69, 9.17) is 0 Å². The Labute approximate surface area is 147 Å². The summed E-state index contributed by atoms with van der Waals surface area (Å²) < 4.78 is 3.33. The normalized spacial score (nSPS) is 11.4. The molecule has 11 heteroatoms. The van der Waals surface area contributed by atoms with Crippen molar-refractivity contribution in [1.82, 2.24) is 24.1 Å². The van der Waals surface area contributed by atoms with Crippen LogP contribution >= 0.6 is 34.4 Å². The molecule has 0 aliphatic heterocycles. The minimum atomic E-state index is -0.419.